The van der Waals surface area contributed by atoms with Gasteiger partial charge < -0.3 is 14.2 Å². The highest BCUT2D eigenvalue weighted by Crippen LogP contribution is 2.29. The number of ether oxygens (including phenoxy) is 3. The smallest absolute Gasteiger partial charge is 0.338 e. The Hall–Kier alpha value is -2.62. The van der Waals surface area contributed by atoms with Crippen molar-refractivity contribution in [2.24, 2.45) is 0 Å². The number of halogens is 1. The average Bonchev–Trinajstić information content (AvgIpc) is 3.34. The van der Waals surface area contributed by atoms with E-state index < -0.39 is 27.9 Å². The maximum Gasteiger partial charge on any atom is 0.338 e. The van der Waals surface area contributed by atoms with Crippen LogP contribution in [0.4, 0.5) is 0 Å². The molecule has 0 aromatic heterocycles. The number of rotatable bonds is 8. The number of sulfonamides is 1. The van der Waals surface area contributed by atoms with Gasteiger partial charge in [-0.3, -0.25) is 4.79 Å². The van der Waals surface area contributed by atoms with Crippen LogP contribution in [0.25, 0.3) is 0 Å². The number of nitrogens with zero attached hydrogens (tertiary/aromatic N) is 1. The Morgan fingerprint density at radius 3 is 2.34 bits per heavy atom. The van der Waals surface area contributed by atoms with Crippen molar-refractivity contribution in [2.45, 2.75) is 30.8 Å². The first-order valence-corrected chi connectivity index (χ1v) is 11.8. The van der Waals surface area contributed by atoms with E-state index in [0.717, 1.165) is 12.8 Å². The van der Waals surface area contributed by atoms with Crippen molar-refractivity contribution >= 4 is 33.4 Å². The Morgan fingerprint density at radius 1 is 1.03 bits per heavy atom. The second-order valence-corrected chi connectivity index (χ2v) is 9.55. The number of methoxy groups -OCH3 is 2. The average molecular weight is 482 g/mol. The lowest BCUT2D eigenvalue weighted by atomic mass is 10.1. The van der Waals surface area contributed by atoms with Crippen LogP contribution in [0.3, 0.4) is 0 Å². The molecule has 0 amide bonds. The third-order valence-corrected chi connectivity index (χ3v) is 7.56. The molecule has 0 N–H and O–H groups in total. The van der Waals surface area contributed by atoms with Crippen molar-refractivity contribution < 1.29 is 32.2 Å². The molecule has 1 aliphatic heterocycles. The number of hydrogen-bond acceptors (Lipinski definition) is 7. The van der Waals surface area contributed by atoms with Crippen LogP contribution in [-0.2, 0) is 14.8 Å². The summed E-state index contributed by atoms with van der Waals surface area (Å²) in [7, 11) is -0.925. The molecule has 1 heterocycles. The minimum absolute atomic E-state index is 0.0144. The van der Waals surface area contributed by atoms with Crippen molar-refractivity contribution in [3.05, 3.63) is 52.5 Å². The SMILES string of the molecule is COc1ccc(C(=O)[C@H](C)OC(=O)c2ccc(Cl)c(S(=O)(=O)N3CCCC3)c2)c(OC)c1. The van der Waals surface area contributed by atoms with Gasteiger partial charge in [0.25, 0.3) is 0 Å². The van der Waals surface area contributed by atoms with Crippen molar-refractivity contribution in [1.82, 2.24) is 4.31 Å². The summed E-state index contributed by atoms with van der Waals surface area (Å²) in [6, 6.07) is 8.55. The molecule has 1 fully saturated rings. The lowest BCUT2D eigenvalue weighted by molar-refractivity contribution is 0.0317. The minimum Gasteiger partial charge on any atom is -0.497 e. The van der Waals surface area contributed by atoms with Gasteiger partial charge in [0.15, 0.2) is 6.10 Å². The molecule has 2 aromatic carbocycles. The quantitative estimate of drug-likeness (QED) is 0.419. The zero-order valence-electron chi connectivity index (χ0n) is 18.0. The number of Topliss-reactive ketones (excluding diaryl/α,β-unsaturated/α-hetero) is 1. The molecule has 0 unspecified atom stereocenters. The van der Waals surface area contributed by atoms with E-state index in [1.54, 1.807) is 12.1 Å². The van der Waals surface area contributed by atoms with Crippen molar-refractivity contribution in [1.29, 1.82) is 0 Å². The summed E-state index contributed by atoms with van der Waals surface area (Å²) in [4.78, 5) is 25.3. The summed E-state index contributed by atoms with van der Waals surface area (Å²) in [5.41, 5.74) is 0.204. The van der Waals surface area contributed by atoms with Gasteiger partial charge in [-0.15, -0.1) is 0 Å². The summed E-state index contributed by atoms with van der Waals surface area (Å²) in [6.07, 6.45) is 0.402. The van der Waals surface area contributed by atoms with E-state index in [-0.39, 0.29) is 26.8 Å². The van der Waals surface area contributed by atoms with Gasteiger partial charge in [-0.1, -0.05) is 11.6 Å². The summed E-state index contributed by atoms with van der Waals surface area (Å²) in [5, 5.41) is 0.0144. The highest BCUT2D eigenvalue weighted by Gasteiger charge is 2.30. The predicted molar refractivity (Wildman–Crippen MR) is 118 cm³/mol. The van der Waals surface area contributed by atoms with Gasteiger partial charge in [0.1, 0.15) is 16.4 Å². The zero-order valence-corrected chi connectivity index (χ0v) is 19.5. The predicted octanol–water partition coefficient (Wildman–Crippen LogP) is 3.57. The highest BCUT2D eigenvalue weighted by atomic mass is 35.5. The van der Waals surface area contributed by atoms with E-state index in [1.807, 2.05) is 0 Å². The summed E-state index contributed by atoms with van der Waals surface area (Å²) < 4.78 is 42.8. The largest absolute Gasteiger partial charge is 0.497 e. The van der Waals surface area contributed by atoms with Gasteiger partial charge in [-0.2, -0.15) is 4.31 Å². The van der Waals surface area contributed by atoms with Gasteiger partial charge in [-0.25, -0.2) is 13.2 Å². The zero-order chi connectivity index (χ0) is 23.5. The molecule has 0 aliphatic carbocycles. The Balaban J connectivity index is 1.81. The number of carbonyl (C=O) groups excluding carboxylic acids is 2. The van der Waals surface area contributed by atoms with Crippen molar-refractivity contribution in [2.75, 3.05) is 27.3 Å². The Bertz CT molecular complexity index is 1130. The van der Waals surface area contributed by atoms with Gasteiger partial charge in [0, 0.05) is 19.2 Å². The summed E-state index contributed by atoms with van der Waals surface area (Å²) >= 11 is 6.12. The van der Waals surface area contributed by atoms with Crippen molar-refractivity contribution in [3.8, 4) is 11.5 Å². The molecule has 10 heteroatoms. The topological polar surface area (TPSA) is 99.2 Å². The van der Waals surface area contributed by atoms with Crippen LogP contribution in [0, 0.1) is 0 Å². The maximum atomic E-state index is 12.9. The van der Waals surface area contributed by atoms with Crippen LogP contribution >= 0.6 is 11.6 Å². The second-order valence-electron chi connectivity index (χ2n) is 7.23. The van der Waals surface area contributed by atoms with E-state index in [1.165, 1.54) is 49.7 Å². The molecule has 1 atom stereocenters. The van der Waals surface area contributed by atoms with Crippen LogP contribution in [-0.4, -0.2) is 57.9 Å². The number of esters is 1. The highest BCUT2D eigenvalue weighted by molar-refractivity contribution is 7.89. The third kappa shape index (κ3) is 4.90. The molecule has 0 bridgehead atoms. The van der Waals surface area contributed by atoms with E-state index in [4.69, 9.17) is 25.8 Å². The number of benzene rings is 2. The minimum atomic E-state index is -3.83. The molecule has 2 aromatic rings. The monoisotopic (exact) mass is 481 g/mol. The molecule has 3 rings (SSSR count). The van der Waals surface area contributed by atoms with Gasteiger partial charge in [-0.05, 0) is 50.1 Å². The first-order chi connectivity index (χ1) is 15.2. The molecular weight excluding hydrogens is 458 g/mol. The van der Waals surface area contributed by atoms with Crippen LogP contribution in [0.15, 0.2) is 41.3 Å². The van der Waals surface area contributed by atoms with E-state index in [9.17, 15) is 18.0 Å². The van der Waals surface area contributed by atoms with E-state index >= 15 is 0 Å². The number of carbonyl (C=O) groups is 2. The Labute approximate surface area is 192 Å². The lowest BCUT2D eigenvalue weighted by Crippen LogP contribution is -2.28. The van der Waals surface area contributed by atoms with Crippen LogP contribution in [0.1, 0.15) is 40.5 Å². The summed E-state index contributed by atoms with van der Waals surface area (Å²) in [6.45, 7) is 2.24. The fraction of sp³-hybridized carbons (Fsp3) is 0.364. The molecular formula is C22H24ClNO7S. The fourth-order valence-electron chi connectivity index (χ4n) is 3.40. The molecule has 1 saturated heterocycles. The van der Waals surface area contributed by atoms with Crippen LogP contribution in [0.5, 0.6) is 11.5 Å². The third-order valence-electron chi connectivity index (χ3n) is 5.18. The Morgan fingerprint density at radius 2 is 1.72 bits per heavy atom. The van der Waals surface area contributed by atoms with Crippen LogP contribution in [0.2, 0.25) is 5.02 Å². The van der Waals surface area contributed by atoms with Crippen molar-refractivity contribution in [3.63, 3.8) is 0 Å². The molecule has 0 radical (unpaired) electrons. The van der Waals surface area contributed by atoms with Gasteiger partial charge in [0.05, 0.1) is 30.4 Å². The van der Waals surface area contributed by atoms with E-state index in [0.29, 0.717) is 18.8 Å². The number of hydrogen-bond donors (Lipinski definition) is 0. The Kier molecular flexibility index (Phi) is 7.43. The molecule has 172 valence electrons. The molecule has 0 spiro atoms. The van der Waals surface area contributed by atoms with Crippen LogP contribution < -0.4 is 9.47 Å². The molecule has 0 saturated carbocycles. The second kappa shape index (κ2) is 9.89. The standard InChI is InChI=1S/C22H24ClNO7S/c1-14(21(25)17-8-7-16(29-2)13-19(17)30-3)31-22(26)15-6-9-18(23)20(12-15)32(27,28)24-10-4-5-11-24/h6-9,12-14H,4-5,10-11H2,1-3H3/t14-/m0/s1. The molecule has 8 nitrogen and oxygen atoms in total. The van der Waals surface area contributed by atoms with Gasteiger partial charge >= 0.3 is 5.97 Å². The van der Waals surface area contributed by atoms with E-state index in [2.05, 4.69) is 0 Å². The van der Waals surface area contributed by atoms with Gasteiger partial charge in [0.2, 0.25) is 15.8 Å². The lowest BCUT2D eigenvalue weighted by Gasteiger charge is -2.18. The first kappa shape index (κ1) is 24.0. The normalized spacial score (nSPS) is 15.2. The number of ketones is 1. The maximum absolute atomic E-state index is 12.9. The summed E-state index contributed by atoms with van der Waals surface area (Å²) in [5.74, 6) is -0.525. The fourth-order valence-corrected chi connectivity index (χ4v) is 5.42. The first-order valence-electron chi connectivity index (χ1n) is 9.96. The molecule has 1 aliphatic rings. The molecule has 32 heavy (non-hydrogen) atoms.